The predicted octanol–water partition coefficient (Wildman–Crippen LogP) is 0.0654. The number of phenolic OH excluding ortho intramolecular Hbond substituents is 4. The summed E-state index contributed by atoms with van der Waals surface area (Å²) in [5.41, 5.74) is 10.9. The molecule has 0 saturated heterocycles. The molecule has 6 aromatic heterocycles. The molecule has 0 fully saturated rings. The number of aromatic nitrogens is 10. The predicted molar refractivity (Wildman–Crippen MR) is 264 cm³/mol. The van der Waals surface area contributed by atoms with Crippen molar-refractivity contribution in [2.75, 3.05) is 0 Å². The zero-order chi connectivity index (χ0) is 57.2. The van der Waals surface area contributed by atoms with Gasteiger partial charge in [0, 0.05) is 22.3 Å². The molecule has 0 aliphatic carbocycles. The number of nitrogens with one attached hydrogen (secondary N) is 4. The maximum Gasteiger partial charge on any atom is 2.00 e. The Morgan fingerprint density at radius 2 is 0.525 bits per heavy atom. The Kier molecular flexibility index (Phi) is 25.0. The van der Waals surface area contributed by atoms with Crippen LogP contribution in [-0.4, -0.2) is 88.2 Å². The summed E-state index contributed by atoms with van der Waals surface area (Å²) in [4.78, 5) is 28.3. The van der Waals surface area contributed by atoms with E-state index < -0.39 is 20.5 Å². The first-order valence-corrected chi connectivity index (χ1v) is 24.8. The summed E-state index contributed by atoms with van der Waals surface area (Å²) >= 11 is 0. The number of rotatable bonds is 8. The molecule has 0 bridgehead atoms. The van der Waals surface area contributed by atoms with Crippen LogP contribution in [0.2, 0.25) is 0 Å². The molecule has 6 heterocycles. The molecule has 10 aromatic rings. The average molecular weight is 1180 g/mol. The van der Waals surface area contributed by atoms with E-state index in [1.807, 2.05) is 109 Å². The Labute approximate surface area is 469 Å². The van der Waals surface area contributed by atoms with Crippen molar-refractivity contribution < 1.29 is 110 Å². The van der Waals surface area contributed by atoms with E-state index in [0.717, 1.165) is 0 Å². The van der Waals surface area contributed by atoms with Gasteiger partial charge in [0.2, 0.25) is 0 Å². The molecule has 80 heavy (non-hydrogen) atoms. The Bertz CT molecular complexity index is 3110. The van der Waals surface area contributed by atoms with Crippen LogP contribution in [0.25, 0.3) is 90.6 Å². The number of nitrogens with zero attached hydrogens (tertiary/aromatic N) is 6. The number of benzene rings is 4. The minimum atomic E-state index is -4.94. The molecule has 0 aliphatic rings. The number of hydrogen-bond donors (Lipinski definition) is 8. The fourth-order valence-electron chi connectivity index (χ4n) is 6.61. The molecule has 0 spiro atoms. The number of hydrogen-bond acceptors (Lipinski definition) is 20. The van der Waals surface area contributed by atoms with E-state index in [1.54, 1.807) is 48.5 Å². The van der Waals surface area contributed by atoms with E-state index >= 15 is 0 Å². The Morgan fingerprint density at radius 1 is 0.350 bits per heavy atom. The molecule has 10 N–H and O–H groups in total. The Hall–Kier alpha value is -8.70. The Morgan fingerprint density at radius 3 is 0.700 bits per heavy atom. The maximum absolute atomic E-state index is 10.1. The average Bonchev–Trinajstić information content (AvgIpc) is 4.23. The second kappa shape index (κ2) is 30.4. The molecule has 0 saturated carbocycles. The van der Waals surface area contributed by atoms with E-state index in [4.69, 9.17) is 37.3 Å². The smallest absolute Gasteiger partial charge is 0.507 e. The third-order valence-corrected chi connectivity index (χ3v) is 9.64. The van der Waals surface area contributed by atoms with Gasteiger partial charge in [0.05, 0.1) is 45.6 Å². The number of carbonyl (C=O) groups excluding carboxylic acids is 2. The van der Waals surface area contributed by atoms with Crippen molar-refractivity contribution in [1.82, 2.24) is 50.8 Å². The first-order chi connectivity index (χ1) is 36.8. The van der Waals surface area contributed by atoms with Crippen molar-refractivity contribution in [2.45, 2.75) is 27.7 Å². The van der Waals surface area contributed by atoms with E-state index in [0.29, 0.717) is 90.6 Å². The van der Waals surface area contributed by atoms with E-state index in [1.165, 1.54) is 27.7 Å². The largest absolute Gasteiger partial charge is 2.00 e. The summed E-state index contributed by atoms with van der Waals surface area (Å²) in [5, 5.41) is 69.4. The molecule has 0 amide bonds. The number of halogens is 2. The first-order valence-electron chi connectivity index (χ1n) is 22.3. The van der Waals surface area contributed by atoms with Crippen LogP contribution in [0.1, 0.15) is 27.7 Å². The van der Waals surface area contributed by atoms with Crippen LogP contribution in [0.5, 0.6) is 23.0 Å². The molecular weight excluding hydrogens is 1130 g/mol. The fraction of sp³-hybridized carbons (Fsp3) is 0.0769. The fourth-order valence-corrected chi connectivity index (χ4v) is 6.61. The van der Waals surface area contributed by atoms with Gasteiger partial charge in [-0.3, -0.25) is 20.4 Å². The number of para-hydroxylation sites is 4. The van der Waals surface area contributed by atoms with Crippen LogP contribution < -0.4 is 37.3 Å². The van der Waals surface area contributed by atoms with Crippen molar-refractivity contribution in [2.24, 2.45) is 0 Å². The van der Waals surface area contributed by atoms with Gasteiger partial charge in [-0.15, -0.1) is 20.5 Å². The number of ketones is 2. The van der Waals surface area contributed by atoms with Gasteiger partial charge in [0.15, 0.2) is 0 Å². The van der Waals surface area contributed by atoms with Crippen molar-refractivity contribution >= 4 is 11.6 Å². The van der Waals surface area contributed by atoms with Gasteiger partial charge in [-0.25, -0.2) is 47.2 Å². The number of aromatic hydroxyl groups is 4. The van der Waals surface area contributed by atoms with E-state index in [9.17, 15) is 30.0 Å². The number of Topliss-reactive ketones (excluding diaryl/α,β-unsaturated/α-hetero) is 2. The number of H-pyrrole nitrogens is 4. The summed E-state index contributed by atoms with van der Waals surface area (Å²) in [6, 6.07) is 47.0. The molecule has 10 rings (SSSR count). The van der Waals surface area contributed by atoms with Gasteiger partial charge >= 0.3 is 17.1 Å². The summed E-state index contributed by atoms with van der Waals surface area (Å²) in [7, 11) is -9.89. The van der Waals surface area contributed by atoms with Crippen molar-refractivity contribution in [3.8, 4) is 114 Å². The second-order valence-corrected chi connectivity index (χ2v) is 17.6. The van der Waals surface area contributed by atoms with Crippen molar-refractivity contribution in [1.29, 1.82) is 0 Å². The summed E-state index contributed by atoms with van der Waals surface area (Å²) in [6.07, 6.45) is 0. The molecular formula is C52H48Cl2FeN10O15. The summed E-state index contributed by atoms with van der Waals surface area (Å²) < 4.78 is 67.9. The topological polar surface area (TPSA) is 472 Å². The standard InChI is InChI=1S/2C23H17N5O2.2C3H6O.2ClHO4.Fe.H2O/c2*29-22-10-3-1-6-14(22)18-12-20(27-25-18)16-8-5-9-17(24-16)21-13-19(26-28-21)15-7-2-4-11-23(15)30;2*1-3(2)4;2*2-1(3,4)5;;/h2*1-13,29-30H,(H,25,27)(H,26,28);2*1-2H3;2*(H,2,3,4,5);;1H2/q;;;;;;+2;/p-2. The monoisotopic (exact) mass is 1180 g/mol. The zero-order valence-corrected chi connectivity index (χ0v) is 44.8. The van der Waals surface area contributed by atoms with Crippen molar-refractivity contribution in [3.63, 3.8) is 0 Å². The third kappa shape index (κ3) is 21.3. The van der Waals surface area contributed by atoms with Crippen molar-refractivity contribution in [3.05, 3.63) is 158 Å². The number of phenols is 4. The maximum atomic E-state index is 10.1. The third-order valence-electron chi connectivity index (χ3n) is 9.64. The van der Waals surface area contributed by atoms with Crippen LogP contribution >= 0.6 is 0 Å². The molecule has 0 atom stereocenters. The van der Waals surface area contributed by atoms with Crippen LogP contribution in [0.15, 0.2) is 158 Å². The van der Waals surface area contributed by atoms with E-state index in [-0.39, 0.29) is 57.1 Å². The van der Waals surface area contributed by atoms with Gasteiger partial charge in [-0.1, -0.05) is 60.7 Å². The van der Waals surface area contributed by atoms with Crippen LogP contribution in [0.4, 0.5) is 0 Å². The normalized spacial score (nSPS) is 10.3. The second-order valence-electron chi connectivity index (χ2n) is 16.1. The van der Waals surface area contributed by atoms with Gasteiger partial charge in [0.25, 0.3) is 0 Å². The van der Waals surface area contributed by atoms with Gasteiger partial charge < -0.3 is 35.5 Å². The molecule has 0 unspecified atom stereocenters. The molecule has 4 aromatic carbocycles. The van der Waals surface area contributed by atoms with Gasteiger partial charge in [-0.2, -0.15) is 20.4 Å². The number of aromatic amines is 4. The number of pyridine rings is 2. The SMILES string of the molecule is CC(C)=O.CC(C)=O.O.Oc1ccccc1-c1cc(-c2cccc(-c3cc(-c4ccccc4O)[nH]n3)n2)n[nH]1.Oc1ccccc1-c1cc(-c2cccc(-c3cc(-c4ccccc4O)[nH]n3)n2)n[nH]1.[Fe+2].[O-][Cl+3]([O-])([O-])[O-].[O-][Cl+3]([O-])([O-])[O-]. The van der Waals surface area contributed by atoms with Crippen LogP contribution in [0.3, 0.4) is 0 Å². The van der Waals surface area contributed by atoms with Gasteiger partial charge in [-0.05, 0) is 125 Å². The number of carbonyl (C=O) groups is 2. The molecule has 0 aliphatic heterocycles. The van der Waals surface area contributed by atoms with Crippen LogP contribution in [-0.2, 0) is 26.7 Å². The Balaban J connectivity index is 0.000000317. The first kappa shape index (κ1) is 65.6. The molecule has 0 radical (unpaired) electrons. The van der Waals surface area contributed by atoms with E-state index in [2.05, 4.69) is 50.8 Å². The summed E-state index contributed by atoms with van der Waals surface area (Å²) in [5.74, 6) is 1.07. The van der Waals surface area contributed by atoms with Crippen LogP contribution in [0, 0.1) is 20.5 Å². The molecule has 25 nitrogen and oxygen atoms in total. The quantitative estimate of drug-likeness (QED) is 0.0933. The molecule has 28 heteroatoms. The van der Waals surface area contributed by atoms with Gasteiger partial charge in [0.1, 0.15) is 57.3 Å². The minimum absolute atomic E-state index is 0. The summed E-state index contributed by atoms with van der Waals surface area (Å²) in [6.45, 7) is 6.11. The minimum Gasteiger partial charge on any atom is -0.507 e. The zero-order valence-electron chi connectivity index (χ0n) is 42.2. The molecule has 418 valence electrons.